The summed E-state index contributed by atoms with van der Waals surface area (Å²) in [5.74, 6) is 0.864. The highest BCUT2D eigenvalue weighted by Crippen LogP contribution is 2.12. The van der Waals surface area contributed by atoms with Crippen molar-refractivity contribution in [2.24, 2.45) is 5.73 Å². The Hall–Kier alpha value is -1.84. The number of rotatable bonds is 7. The summed E-state index contributed by atoms with van der Waals surface area (Å²) < 4.78 is 10.8. The molecule has 20 heavy (non-hydrogen) atoms. The predicted molar refractivity (Wildman–Crippen MR) is 80.8 cm³/mol. The number of nitrogens with two attached hydrogens (primary N) is 1. The normalized spacial score (nSPS) is 12.1. The van der Waals surface area contributed by atoms with E-state index in [0.717, 1.165) is 12.2 Å². The van der Waals surface area contributed by atoms with Crippen LogP contribution in [0.4, 0.5) is 0 Å². The molecule has 2 aromatic rings. The molecule has 0 saturated heterocycles. The summed E-state index contributed by atoms with van der Waals surface area (Å²) in [5, 5.41) is 0. The maximum absolute atomic E-state index is 6.08. The molecule has 0 heterocycles. The average Bonchev–Trinajstić information content (AvgIpc) is 2.49. The molecule has 0 aliphatic carbocycles. The molecule has 0 aliphatic rings. The Morgan fingerprint density at radius 2 is 1.65 bits per heavy atom. The molecule has 0 fully saturated rings. The van der Waals surface area contributed by atoms with E-state index in [1.54, 1.807) is 7.11 Å². The molecule has 0 bridgehead atoms. The minimum atomic E-state index is 0.00658. The number of methoxy groups -OCH3 is 1. The van der Waals surface area contributed by atoms with Gasteiger partial charge in [0.15, 0.2) is 0 Å². The topological polar surface area (TPSA) is 44.5 Å². The van der Waals surface area contributed by atoms with Crippen molar-refractivity contribution in [2.45, 2.75) is 19.1 Å². The zero-order valence-electron chi connectivity index (χ0n) is 11.8. The number of hydrogen-bond acceptors (Lipinski definition) is 3. The van der Waals surface area contributed by atoms with Gasteiger partial charge < -0.3 is 15.2 Å². The van der Waals surface area contributed by atoms with Crippen molar-refractivity contribution < 1.29 is 9.47 Å². The fraction of sp³-hybridized carbons (Fsp3) is 0.294. The third-order valence-corrected chi connectivity index (χ3v) is 3.10. The van der Waals surface area contributed by atoms with Crippen LogP contribution in [0.3, 0.4) is 0 Å². The quantitative estimate of drug-likeness (QED) is 0.842. The van der Waals surface area contributed by atoms with Crippen LogP contribution in [0.25, 0.3) is 0 Å². The predicted octanol–water partition coefficient (Wildman–Crippen LogP) is 2.78. The summed E-state index contributed by atoms with van der Waals surface area (Å²) in [6, 6.07) is 18.1. The number of benzene rings is 2. The molecular weight excluding hydrogens is 250 g/mol. The van der Waals surface area contributed by atoms with Crippen molar-refractivity contribution >= 4 is 0 Å². The highest BCUT2D eigenvalue weighted by atomic mass is 16.5. The van der Waals surface area contributed by atoms with Gasteiger partial charge in [0.25, 0.3) is 0 Å². The van der Waals surface area contributed by atoms with Gasteiger partial charge in [-0.1, -0.05) is 42.5 Å². The average molecular weight is 271 g/mol. The smallest absolute Gasteiger partial charge is 0.118 e. The minimum absolute atomic E-state index is 0.00658. The van der Waals surface area contributed by atoms with Gasteiger partial charge in [0, 0.05) is 6.04 Å². The van der Waals surface area contributed by atoms with E-state index in [4.69, 9.17) is 15.2 Å². The molecular formula is C17H21NO2. The van der Waals surface area contributed by atoms with Crippen molar-refractivity contribution in [3.05, 3.63) is 65.7 Å². The molecule has 0 spiro atoms. The lowest BCUT2D eigenvalue weighted by Gasteiger charge is -2.12. The Morgan fingerprint density at radius 3 is 2.30 bits per heavy atom. The highest BCUT2D eigenvalue weighted by molar-refractivity contribution is 5.27. The monoisotopic (exact) mass is 271 g/mol. The first-order valence-corrected chi connectivity index (χ1v) is 6.78. The first-order chi connectivity index (χ1) is 9.78. The molecule has 0 aromatic heterocycles. The Balaban J connectivity index is 1.73. The summed E-state index contributed by atoms with van der Waals surface area (Å²) in [6.07, 6.45) is 0.804. The first kappa shape index (κ1) is 14.6. The molecule has 3 heteroatoms. The van der Waals surface area contributed by atoms with Gasteiger partial charge in [-0.2, -0.15) is 0 Å². The van der Waals surface area contributed by atoms with Crippen LogP contribution in [0.15, 0.2) is 54.6 Å². The van der Waals surface area contributed by atoms with E-state index >= 15 is 0 Å². The van der Waals surface area contributed by atoms with Gasteiger partial charge in [0.2, 0.25) is 0 Å². The zero-order chi connectivity index (χ0) is 14.2. The van der Waals surface area contributed by atoms with E-state index in [-0.39, 0.29) is 6.04 Å². The lowest BCUT2D eigenvalue weighted by molar-refractivity contribution is 0.108. The van der Waals surface area contributed by atoms with Gasteiger partial charge in [0.1, 0.15) is 5.75 Å². The maximum atomic E-state index is 6.08. The Morgan fingerprint density at radius 1 is 0.950 bits per heavy atom. The van der Waals surface area contributed by atoms with Crippen LogP contribution in [-0.4, -0.2) is 19.8 Å². The Labute approximate surface area is 120 Å². The second-order valence-corrected chi connectivity index (χ2v) is 4.81. The number of ether oxygens (including phenoxy) is 2. The van der Waals surface area contributed by atoms with Gasteiger partial charge in [0.05, 0.1) is 20.3 Å². The van der Waals surface area contributed by atoms with Crippen LogP contribution in [0, 0.1) is 0 Å². The Kier molecular flexibility index (Phi) is 5.59. The lowest BCUT2D eigenvalue weighted by Crippen LogP contribution is -2.28. The molecule has 0 amide bonds. The van der Waals surface area contributed by atoms with Crippen LogP contribution in [0.5, 0.6) is 5.75 Å². The van der Waals surface area contributed by atoms with Gasteiger partial charge in [-0.15, -0.1) is 0 Å². The van der Waals surface area contributed by atoms with Crippen LogP contribution >= 0.6 is 0 Å². The first-order valence-electron chi connectivity index (χ1n) is 6.78. The van der Waals surface area contributed by atoms with Crippen molar-refractivity contribution in [3.63, 3.8) is 0 Å². The summed E-state index contributed by atoms with van der Waals surface area (Å²) in [5.41, 5.74) is 8.45. The largest absolute Gasteiger partial charge is 0.497 e. The summed E-state index contributed by atoms with van der Waals surface area (Å²) in [7, 11) is 1.66. The van der Waals surface area contributed by atoms with Gasteiger partial charge in [-0.3, -0.25) is 0 Å². The van der Waals surface area contributed by atoms with E-state index in [1.165, 1.54) is 11.1 Å². The molecule has 106 valence electrons. The zero-order valence-corrected chi connectivity index (χ0v) is 11.8. The van der Waals surface area contributed by atoms with Crippen LogP contribution in [-0.2, 0) is 17.8 Å². The SMILES string of the molecule is COc1ccc(C[C@@H](N)COCc2ccccc2)cc1. The van der Waals surface area contributed by atoms with Gasteiger partial charge in [-0.05, 0) is 29.7 Å². The van der Waals surface area contributed by atoms with Crippen LogP contribution in [0.2, 0.25) is 0 Å². The molecule has 2 aromatic carbocycles. The molecule has 0 aliphatic heterocycles. The highest BCUT2D eigenvalue weighted by Gasteiger charge is 2.05. The van der Waals surface area contributed by atoms with Crippen LogP contribution < -0.4 is 10.5 Å². The fourth-order valence-corrected chi connectivity index (χ4v) is 2.03. The number of hydrogen-bond donors (Lipinski definition) is 1. The van der Waals surface area contributed by atoms with E-state index in [2.05, 4.69) is 12.1 Å². The minimum Gasteiger partial charge on any atom is -0.497 e. The third-order valence-electron chi connectivity index (χ3n) is 3.10. The molecule has 3 nitrogen and oxygen atoms in total. The van der Waals surface area contributed by atoms with E-state index in [1.807, 2.05) is 42.5 Å². The molecule has 0 unspecified atom stereocenters. The Bertz CT molecular complexity index is 496. The lowest BCUT2D eigenvalue weighted by atomic mass is 10.1. The second kappa shape index (κ2) is 7.68. The fourth-order valence-electron chi connectivity index (χ4n) is 2.03. The van der Waals surface area contributed by atoms with Gasteiger partial charge >= 0.3 is 0 Å². The molecule has 0 radical (unpaired) electrons. The van der Waals surface area contributed by atoms with Crippen molar-refractivity contribution in [2.75, 3.05) is 13.7 Å². The van der Waals surface area contributed by atoms with Gasteiger partial charge in [-0.25, -0.2) is 0 Å². The van der Waals surface area contributed by atoms with E-state index < -0.39 is 0 Å². The molecule has 2 N–H and O–H groups in total. The van der Waals surface area contributed by atoms with Crippen LogP contribution in [0.1, 0.15) is 11.1 Å². The maximum Gasteiger partial charge on any atom is 0.118 e. The summed E-state index contributed by atoms with van der Waals surface area (Å²) in [4.78, 5) is 0. The third kappa shape index (κ3) is 4.68. The van der Waals surface area contributed by atoms with Crippen molar-refractivity contribution in [3.8, 4) is 5.75 Å². The van der Waals surface area contributed by atoms with E-state index in [0.29, 0.717) is 13.2 Å². The second-order valence-electron chi connectivity index (χ2n) is 4.81. The summed E-state index contributed by atoms with van der Waals surface area (Å²) in [6.45, 7) is 1.16. The van der Waals surface area contributed by atoms with Crippen molar-refractivity contribution in [1.29, 1.82) is 0 Å². The summed E-state index contributed by atoms with van der Waals surface area (Å²) >= 11 is 0. The van der Waals surface area contributed by atoms with E-state index in [9.17, 15) is 0 Å². The molecule has 2 rings (SSSR count). The standard InChI is InChI=1S/C17H21NO2/c1-19-17-9-7-14(8-10-17)11-16(18)13-20-12-15-5-3-2-4-6-15/h2-10,16H,11-13,18H2,1H3/t16-/m1/s1. The molecule has 1 atom stereocenters. The molecule has 0 saturated carbocycles. The van der Waals surface area contributed by atoms with Crippen molar-refractivity contribution in [1.82, 2.24) is 0 Å².